The van der Waals surface area contributed by atoms with E-state index in [4.69, 9.17) is 0 Å². The summed E-state index contributed by atoms with van der Waals surface area (Å²) in [5.74, 6) is 1.92. The fourth-order valence-electron chi connectivity index (χ4n) is 3.29. The first-order valence-corrected chi connectivity index (χ1v) is 8.51. The van der Waals surface area contributed by atoms with Gasteiger partial charge in [-0.25, -0.2) is 4.79 Å². The minimum absolute atomic E-state index is 0.205. The molecular weight excluding hydrogens is 320 g/mol. The van der Waals surface area contributed by atoms with E-state index in [-0.39, 0.29) is 12.6 Å². The number of carbonyl (C=O) groups excluding carboxylic acids is 1. The first-order chi connectivity index (χ1) is 11.6. The maximum absolute atomic E-state index is 12.2. The maximum Gasteiger partial charge on any atom is 0.345 e. The predicted molar refractivity (Wildman–Crippen MR) is 81.7 cm³/mol. The average Bonchev–Trinajstić information content (AvgIpc) is 3.08. The molecule has 2 amide bonds. The number of carbonyl (C=O) groups is 1. The van der Waals surface area contributed by atoms with Crippen molar-refractivity contribution in [1.82, 2.24) is 25.0 Å². The number of nitrogens with zero attached hydrogens (tertiary/aromatic N) is 4. The van der Waals surface area contributed by atoms with E-state index < -0.39 is 12.7 Å². The van der Waals surface area contributed by atoms with Crippen molar-refractivity contribution in [2.75, 3.05) is 19.6 Å². The number of hydrogen-bond donors (Lipinski definition) is 1. The molecule has 0 saturated carbocycles. The van der Waals surface area contributed by atoms with E-state index in [2.05, 4.69) is 24.8 Å². The van der Waals surface area contributed by atoms with Crippen molar-refractivity contribution in [2.45, 2.75) is 57.8 Å². The minimum Gasteiger partial charge on any atom is -0.338 e. The highest BCUT2D eigenvalue weighted by atomic mass is 19.3. The van der Waals surface area contributed by atoms with Crippen LogP contribution >= 0.6 is 0 Å². The first kappa shape index (κ1) is 17.1. The van der Waals surface area contributed by atoms with Crippen molar-refractivity contribution >= 4 is 6.03 Å². The van der Waals surface area contributed by atoms with Gasteiger partial charge in [0.1, 0.15) is 11.6 Å². The van der Waals surface area contributed by atoms with E-state index >= 15 is 0 Å². The van der Waals surface area contributed by atoms with Crippen molar-refractivity contribution in [1.29, 1.82) is 0 Å². The zero-order valence-electron chi connectivity index (χ0n) is 13.6. The highest BCUT2D eigenvalue weighted by Gasteiger charge is 2.28. The van der Waals surface area contributed by atoms with Crippen molar-refractivity contribution < 1.29 is 18.3 Å². The molecule has 3 heterocycles. The Bertz CT molecular complexity index is 566. The van der Waals surface area contributed by atoms with Crippen LogP contribution in [0, 0.1) is 0 Å². The van der Waals surface area contributed by atoms with Crippen LogP contribution in [0.15, 0.2) is 0 Å². The van der Waals surface area contributed by atoms with Gasteiger partial charge in [0.15, 0.2) is 0 Å². The van der Waals surface area contributed by atoms with Gasteiger partial charge in [0, 0.05) is 39.0 Å². The molecule has 1 atom stereocenters. The standard InChI is InChI=1S/C15H23F2N5O2/c16-14(17)24-11-6-9-21(10-11)15(23)18-7-5-13-20-19-12-4-2-1-3-8-22(12)13/h11,14H,1-10H2,(H,18,23)/t11-/m0/s1. The Morgan fingerprint density at radius 3 is 3.00 bits per heavy atom. The molecule has 1 fully saturated rings. The minimum atomic E-state index is -2.79. The van der Waals surface area contributed by atoms with Crippen LogP contribution in [0.1, 0.15) is 37.3 Å². The zero-order valence-corrected chi connectivity index (χ0v) is 13.6. The van der Waals surface area contributed by atoms with Gasteiger partial charge < -0.3 is 19.5 Å². The molecule has 0 bridgehead atoms. The SMILES string of the molecule is O=C(NCCc1nnc2n1CCCCC2)N1CC[C@H](OC(F)F)C1. The van der Waals surface area contributed by atoms with Gasteiger partial charge in [0.25, 0.3) is 0 Å². The number of halogens is 2. The number of nitrogens with one attached hydrogen (secondary N) is 1. The summed E-state index contributed by atoms with van der Waals surface area (Å²) in [5, 5.41) is 11.3. The number of fused-ring (bicyclic) bond motifs is 1. The fraction of sp³-hybridized carbons (Fsp3) is 0.800. The average molecular weight is 343 g/mol. The third-order valence-electron chi connectivity index (χ3n) is 4.54. The number of aromatic nitrogens is 3. The van der Waals surface area contributed by atoms with Crippen LogP contribution in [0.25, 0.3) is 0 Å². The summed E-state index contributed by atoms with van der Waals surface area (Å²) in [4.78, 5) is 13.6. The van der Waals surface area contributed by atoms with Crippen LogP contribution in [-0.4, -0.2) is 58.0 Å². The van der Waals surface area contributed by atoms with E-state index in [1.165, 1.54) is 11.3 Å². The highest BCUT2D eigenvalue weighted by molar-refractivity contribution is 5.74. The number of rotatable bonds is 5. The molecular formula is C15H23F2N5O2. The summed E-state index contributed by atoms with van der Waals surface area (Å²) in [6, 6.07) is -0.244. The number of ether oxygens (including phenoxy) is 1. The third kappa shape index (κ3) is 4.19. The number of likely N-dealkylation sites (tertiary alicyclic amines) is 1. The normalized spacial score (nSPS) is 21.0. The van der Waals surface area contributed by atoms with Crippen LogP contribution in [0.4, 0.5) is 13.6 Å². The smallest absolute Gasteiger partial charge is 0.338 e. The van der Waals surface area contributed by atoms with Crippen molar-refractivity contribution in [3.63, 3.8) is 0 Å². The van der Waals surface area contributed by atoms with E-state index in [0.29, 0.717) is 25.9 Å². The van der Waals surface area contributed by atoms with E-state index in [1.54, 1.807) is 0 Å². The molecule has 0 unspecified atom stereocenters. The molecule has 7 nitrogen and oxygen atoms in total. The van der Waals surface area contributed by atoms with E-state index in [1.807, 2.05) is 0 Å². The number of hydrogen-bond acceptors (Lipinski definition) is 4. The molecule has 0 spiro atoms. The van der Waals surface area contributed by atoms with E-state index in [0.717, 1.165) is 37.5 Å². The summed E-state index contributed by atoms with van der Waals surface area (Å²) >= 11 is 0. The molecule has 2 aliphatic rings. The lowest BCUT2D eigenvalue weighted by molar-refractivity contribution is -0.158. The summed E-state index contributed by atoms with van der Waals surface area (Å²) in [6.07, 6.45) is 4.91. The van der Waals surface area contributed by atoms with Gasteiger partial charge in [-0.1, -0.05) is 6.42 Å². The van der Waals surface area contributed by atoms with Gasteiger partial charge in [-0.15, -0.1) is 10.2 Å². The molecule has 0 radical (unpaired) electrons. The molecule has 1 aromatic rings. The lowest BCUT2D eigenvalue weighted by atomic mass is 10.2. The Balaban J connectivity index is 1.44. The molecule has 24 heavy (non-hydrogen) atoms. The molecule has 3 rings (SSSR count). The Morgan fingerprint density at radius 2 is 2.17 bits per heavy atom. The van der Waals surface area contributed by atoms with Gasteiger partial charge in [-0.05, 0) is 19.3 Å². The number of alkyl halides is 2. The van der Waals surface area contributed by atoms with Gasteiger partial charge in [-0.2, -0.15) is 8.78 Å². The van der Waals surface area contributed by atoms with Gasteiger partial charge >= 0.3 is 12.6 Å². The van der Waals surface area contributed by atoms with Crippen molar-refractivity contribution in [2.24, 2.45) is 0 Å². The van der Waals surface area contributed by atoms with E-state index in [9.17, 15) is 13.6 Å². The molecule has 1 N–H and O–H groups in total. The molecule has 1 saturated heterocycles. The fourth-order valence-corrected chi connectivity index (χ4v) is 3.29. The molecule has 9 heteroatoms. The van der Waals surface area contributed by atoms with Gasteiger partial charge in [0.05, 0.1) is 6.10 Å². The lowest BCUT2D eigenvalue weighted by Gasteiger charge is -2.17. The van der Waals surface area contributed by atoms with Crippen molar-refractivity contribution in [3.05, 3.63) is 11.6 Å². The number of aryl methyl sites for hydroxylation is 1. The topological polar surface area (TPSA) is 72.3 Å². The second-order valence-corrected chi connectivity index (χ2v) is 6.23. The summed E-state index contributed by atoms with van der Waals surface area (Å²) in [6.45, 7) is -0.764. The monoisotopic (exact) mass is 343 g/mol. The van der Waals surface area contributed by atoms with Gasteiger partial charge in [0.2, 0.25) is 0 Å². The Kier molecular flexibility index (Phi) is 5.60. The molecule has 2 aliphatic heterocycles. The second-order valence-electron chi connectivity index (χ2n) is 6.23. The van der Waals surface area contributed by atoms with Gasteiger partial charge in [-0.3, -0.25) is 0 Å². The molecule has 134 valence electrons. The Morgan fingerprint density at radius 1 is 1.29 bits per heavy atom. The number of amides is 2. The van der Waals surface area contributed by atoms with Crippen LogP contribution < -0.4 is 5.32 Å². The summed E-state index contributed by atoms with van der Waals surface area (Å²) < 4.78 is 31.0. The largest absolute Gasteiger partial charge is 0.345 e. The second kappa shape index (κ2) is 7.87. The molecule has 0 aromatic carbocycles. The maximum atomic E-state index is 12.2. The van der Waals surface area contributed by atoms with Crippen LogP contribution in [0.2, 0.25) is 0 Å². The van der Waals surface area contributed by atoms with Crippen LogP contribution in [0.3, 0.4) is 0 Å². The highest BCUT2D eigenvalue weighted by Crippen LogP contribution is 2.16. The zero-order chi connectivity index (χ0) is 16.9. The quantitative estimate of drug-likeness (QED) is 0.881. The number of urea groups is 1. The van der Waals surface area contributed by atoms with Crippen LogP contribution in [0.5, 0.6) is 0 Å². The first-order valence-electron chi connectivity index (χ1n) is 8.51. The summed E-state index contributed by atoms with van der Waals surface area (Å²) in [5.41, 5.74) is 0. The molecule has 1 aromatic heterocycles. The summed E-state index contributed by atoms with van der Waals surface area (Å²) in [7, 11) is 0. The Hall–Kier alpha value is -1.77. The molecule has 0 aliphatic carbocycles. The lowest BCUT2D eigenvalue weighted by Crippen LogP contribution is -2.40. The third-order valence-corrected chi connectivity index (χ3v) is 4.54. The van der Waals surface area contributed by atoms with Crippen LogP contribution in [-0.2, 0) is 24.1 Å². The predicted octanol–water partition coefficient (Wildman–Crippen LogP) is 1.57. The Labute approximate surface area is 139 Å². The van der Waals surface area contributed by atoms with Crippen molar-refractivity contribution in [3.8, 4) is 0 Å².